The molecule has 0 amide bonds. The summed E-state index contributed by atoms with van der Waals surface area (Å²) in [5, 5.41) is 6.86. The monoisotopic (exact) mass is 1080 g/mol. The topological polar surface area (TPSA) is 135 Å². The van der Waals surface area contributed by atoms with E-state index in [2.05, 4.69) is 105 Å². The summed E-state index contributed by atoms with van der Waals surface area (Å²) in [7, 11) is 0. The third-order valence-corrected chi connectivity index (χ3v) is 14.9. The van der Waals surface area contributed by atoms with Gasteiger partial charge >= 0.3 is 0 Å². The Morgan fingerprint density at radius 3 is 1.57 bits per heavy atom. The van der Waals surface area contributed by atoms with Crippen molar-refractivity contribution in [2.75, 3.05) is 132 Å². The summed E-state index contributed by atoms with van der Waals surface area (Å²) in [5.74, 6) is 6.37. The molecular formula is C64H96N10O5. The van der Waals surface area contributed by atoms with E-state index in [1.165, 1.54) is 57.4 Å². The molecule has 432 valence electrons. The number of nitrogens with one attached hydrogen (secondary N) is 2. The van der Waals surface area contributed by atoms with Gasteiger partial charge in [0.05, 0.1) is 26.4 Å². The summed E-state index contributed by atoms with van der Waals surface area (Å²) in [6.45, 7) is 39.1. The van der Waals surface area contributed by atoms with Gasteiger partial charge in [0.2, 0.25) is 11.9 Å². The smallest absolute Gasteiger partial charge is 0.229 e. The van der Waals surface area contributed by atoms with Gasteiger partial charge in [-0.15, -0.1) is 26.3 Å². The van der Waals surface area contributed by atoms with E-state index >= 15 is 0 Å². The summed E-state index contributed by atoms with van der Waals surface area (Å²) in [4.78, 5) is 28.7. The molecule has 0 radical (unpaired) electrons. The number of piperidine rings is 2. The molecule has 15 nitrogen and oxygen atoms in total. The number of benzene rings is 2. The Morgan fingerprint density at radius 2 is 1.05 bits per heavy atom. The molecule has 2 aromatic carbocycles. The van der Waals surface area contributed by atoms with Crippen molar-refractivity contribution in [3.8, 4) is 11.5 Å². The Balaban J connectivity index is 0.000000248. The van der Waals surface area contributed by atoms with Gasteiger partial charge in [-0.2, -0.15) is 9.97 Å². The first-order valence-electron chi connectivity index (χ1n) is 29.7. The SMILES string of the molecule is C=CCCCc1cc(Nc2ncc(C)c(N3CCC(COCC=C)CC3)n2)ccc1OCCN1CCCC1.C=CCOCCC1CCN(c2nc(Nc3ccc(OCCN4CCCC4)c(COCC=C)c3)ncc2C)CC1.CC. The number of hydrogen-bond acceptors (Lipinski definition) is 15. The molecule has 0 unspecified atom stereocenters. The van der Waals surface area contributed by atoms with Gasteiger partial charge in [0.25, 0.3) is 0 Å². The number of rotatable bonds is 31. The first kappa shape index (κ1) is 62.4. The molecule has 6 heterocycles. The van der Waals surface area contributed by atoms with Crippen LogP contribution < -0.4 is 29.9 Å². The van der Waals surface area contributed by atoms with E-state index in [-0.39, 0.29) is 0 Å². The predicted molar refractivity (Wildman–Crippen MR) is 326 cm³/mol. The second kappa shape index (κ2) is 35.7. The lowest BCUT2D eigenvalue weighted by molar-refractivity contribution is 0.112. The first-order chi connectivity index (χ1) is 38.8. The highest BCUT2D eigenvalue weighted by atomic mass is 16.5. The molecule has 8 rings (SSSR count). The van der Waals surface area contributed by atoms with Crippen LogP contribution in [0.5, 0.6) is 11.5 Å². The van der Waals surface area contributed by atoms with E-state index in [9.17, 15) is 0 Å². The van der Waals surface area contributed by atoms with Crippen molar-refractivity contribution in [2.45, 2.75) is 111 Å². The van der Waals surface area contributed by atoms with Gasteiger partial charge in [-0.25, -0.2) is 9.97 Å². The zero-order chi connectivity index (χ0) is 55.9. The number of likely N-dealkylation sites (tertiary alicyclic amines) is 2. The van der Waals surface area contributed by atoms with Crippen LogP contribution in [0.15, 0.2) is 99.4 Å². The van der Waals surface area contributed by atoms with Gasteiger partial charge in [-0.3, -0.25) is 9.80 Å². The van der Waals surface area contributed by atoms with Crippen LogP contribution in [0.2, 0.25) is 0 Å². The number of aryl methyl sites for hydroxylation is 3. The molecule has 4 aliphatic rings. The highest BCUT2D eigenvalue weighted by Gasteiger charge is 2.24. The molecule has 4 saturated heterocycles. The van der Waals surface area contributed by atoms with Gasteiger partial charge < -0.3 is 44.1 Å². The van der Waals surface area contributed by atoms with Crippen LogP contribution in [0.1, 0.15) is 107 Å². The van der Waals surface area contributed by atoms with E-state index in [0.717, 1.165) is 162 Å². The van der Waals surface area contributed by atoms with Gasteiger partial charge in [0.15, 0.2) is 0 Å². The fourth-order valence-electron chi connectivity index (χ4n) is 10.5. The highest BCUT2D eigenvalue weighted by molar-refractivity contribution is 5.61. The standard InChI is InChI=1S/C31H45N5O3.C31H45N5O2.C2H6/c1-4-18-37-20-12-26-10-15-36(16-11-26)30-25(3)23-32-31(34-30)33-28-8-9-29(27(22-28)24-38-19-5-2)39-21-17-35-13-6-7-14-35;1-4-6-7-10-27-22-28(11-12-29(27)38-21-19-35-15-8-9-16-35)33-31-32-23-25(3)30(34-31)36-17-13-26(14-18-36)24-37-20-5-2;1-2/h4-5,8-9,22-23,26H,1-2,6-7,10-21,24H2,3H3,(H,32,33,34);4-5,11-12,22-23,26H,1-2,6-10,13-21,24H2,3H3,(H,32,33,34);1-2H3. The van der Waals surface area contributed by atoms with Crippen LogP contribution in [-0.4, -0.2) is 141 Å². The fraction of sp³-hybridized carbons (Fsp3) is 0.562. The van der Waals surface area contributed by atoms with Crippen molar-refractivity contribution < 1.29 is 23.7 Å². The van der Waals surface area contributed by atoms with Crippen LogP contribution in [0, 0.1) is 25.7 Å². The van der Waals surface area contributed by atoms with E-state index in [0.29, 0.717) is 56.8 Å². The maximum absolute atomic E-state index is 6.24. The molecule has 0 saturated carbocycles. The van der Waals surface area contributed by atoms with Crippen molar-refractivity contribution in [1.29, 1.82) is 0 Å². The Kier molecular flexibility index (Phi) is 28.2. The lowest BCUT2D eigenvalue weighted by Crippen LogP contribution is -2.36. The third kappa shape index (κ3) is 21.3. The Hall–Kier alpha value is -5.84. The average molecular weight is 1090 g/mol. The van der Waals surface area contributed by atoms with Crippen LogP contribution >= 0.6 is 0 Å². The molecule has 15 heteroatoms. The second-order valence-electron chi connectivity index (χ2n) is 20.9. The molecule has 0 aliphatic carbocycles. The molecule has 0 atom stereocenters. The summed E-state index contributed by atoms with van der Waals surface area (Å²) in [5.41, 5.74) is 6.30. The Labute approximate surface area is 474 Å². The van der Waals surface area contributed by atoms with Crippen LogP contribution in [0.4, 0.5) is 34.9 Å². The van der Waals surface area contributed by atoms with Gasteiger partial charge in [0.1, 0.15) is 36.3 Å². The fourth-order valence-corrected chi connectivity index (χ4v) is 10.5. The molecule has 0 bridgehead atoms. The summed E-state index contributed by atoms with van der Waals surface area (Å²) in [6.07, 6.45) is 25.0. The number of nitrogens with zero attached hydrogens (tertiary/aromatic N) is 8. The van der Waals surface area contributed by atoms with Crippen LogP contribution in [0.3, 0.4) is 0 Å². The number of aromatic nitrogens is 4. The number of allylic oxidation sites excluding steroid dienone is 1. The number of hydrogen-bond donors (Lipinski definition) is 2. The zero-order valence-electron chi connectivity index (χ0n) is 48.7. The molecule has 0 spiro atoms. The molecular weight excluding hydrogens is 989 g/mol. The zero-order valence-corrected chi connectivity index (χ0v) is 48.7. The minimum Gasteiger partial charge on any atom is -0.492 e. The number of anilines is 6. The van der Waals surface area contributed by atoms with Crippen molar-refractivity contribution in [2.24, 2.45) is 11.8 Å². The Morgan fingerprint density at radius 1 is 0.570 bits per heavy atom. The molecule has 4 fully saturated rings. The summed E-state index contributed by atoms with van der Waals surface area (Å²) < 4.78 is 29.4. The quantitative estimate of drug-likeness (QED) is 0.0365. The van der Waals surface area contributed by atoms with Crippen molar-refractivity contribution in [3.05, 3.63) is 122 Å². The third-order valence-electron chi connectivity index (χ3n) is 14.9. The van der Waals surface area contributed by atoms with E-state index in [1.807, 2.05) is 56.6 Å². The second-order valence-corrected chi connectivity index (χ2v) is 20.9. The van der Waals surface area contributed by atoms with Gasteiger partial charge in [-0.1, -0.05) is 38.2 Å². The van der Waals surface area contributed by atoms with Crippen molar-refractivity contribution in [1.82, 2.24) is 29.7 Å². The summed E-state index contributed by atoms with van der Waals surface area (Å²) >= 11 is 0. The van der Waals surface area contributed by atoms with Gasteiger partial charge in [0, 0.05) is 92.9 Å². The highest BCUT2D eigenvalue weighted by Crippen LogP contribution is 2.31. The minimum absolute atomic E-state index is 0.453. The molecule has 2 aromatic heterocycles. The number of ether oxygens (including phenoxy) is 5. The van der Waals surface area contributed by atoms with E-state index < -0.39 is 0 Å². The normalized spacial score (nSPS) is 16.1. The number of unbranched alkanes of at least 4 members (excludes halogenated alkanes) is 1. The van der Waals surface area contributed by atoms with Crippen molar-refractivity contribution >= 4 is 34.9 Å². The van der Waals surface area contributed by atoms with Crippen LogP contribution in [0.25, 0.3) is 0 Å². The molecule has 4 aliphatic heterocycles. The summed E-state index contributed by atoms with van der Waals surface area (Å²) in [6, 6.07) is 12.4. The average Bonchev–Trinajstić information content (AvgIpc) is 4.26. The molecule has 79 heavy (non-hydrogen) atoms. The first-order valence-corrected chi connectivity index (χ1v) is 29.7. The lowest BCUT2D eigenvalue weighted by atomic mass is 9.94. The molecule has 4 aromatic rings. The van der Waals surface area contributed by atoms with E-state index in [4.69, 9.17) is 33.7 Å². The Bertz CT molecular complexity index is 2410. The van der Waals surface area contributed by atoms with Crippen LogP contribution in [-0.2, 0) is 27.2 Å². The molecule has 2 N–H and O–H groups in total. The maximum atomic E-state index is 6.24. The van der Waals surface area contributed by atoms with E-state index in [1.54, 1.807) is 6.08 Å². The minimum atomic E-state index is 0.453. The lowest BCUT2D eigenvalue weighted by Gasteiger charge is -2.33. The maximum Gasteiger partial charge on any atom is 0.229 e. The van der Waals surface area contributed by atoms with Crippen molar-refractivity contribution in [3.63, 3.8) is 0 Å². The van der Waals surface area contributed by atoms with Gasteiger partial charge in [-0.05, 0) is 171 Å². The predicted octanol–water partition coefficient (Wildman–Crippen LogP) is 12.5. The largest absolute Gasteiger partial charge is 0.492 e.